The molecule has 0 saturated heterocycles. The van der Waals surface area contributed by atoms with Crippen molar-refractivity contribution in [3.05, 3.63) is 35.4 Å². The van der Waals surface area contributed by atoms with Crippen molar-refractivity contribution in [1.29, 1.82) is 0 Å². The molecule has 0 aliphatic carbocycles. The lowest BCUT2D eigenvalue weighted by Gasteiger charge is -2.21. The first-order valence-corrected chi connectivity index (χ1v) is 7.24. The summed E-state index contributed by atoms with van der Waals surface area (Å²) in [5.41, 5.74) is 2.64. The van der Waals surface area contributed by atoms with Crippen LogP contribution >= 0.6 is 0 Å². The maximum absolute atomic E-state index is 5.72. The second-order valence-electron chi connectivity index (χ2n) is 4.64. The molecule has 0 fully saturated rings. The highest BCUT2D eigenvalue weighted by molar-refractivity contribution is 5.28. The van der Waals surface area contributed by atoms with Crippen molar-refractivity contribution in [3.63, 3.8) is 0 Å². The number of aryl methyl sites for hydroxylation is 1. The first kappa shape index (κ1) is 16.2. The van der Waals surface area contributed by atoms with Crippen molar-refractivity contribution >= 4 is 0 Å². The van der Waals surface area contributed by atoms with E-state index >= 15 is 0 Å². The van der Waals surface area contributed by atoms with E-state index in [1.165, 1.54) is 11.1 Å². The molecule has 1 unspecified atom stereocenters. The van der Waals surface area contributed by atoms with Crippen LogP contribution in [0.25, 0.3) is 0 Å². The minimum absolute atomic E-state index is 0.266. The van der Waals surface area contributed by atoms with Gasteiger partial charge in [0.05, 0.1) is 25.9 Å². The molecule has 3 nitrogen and oxygen atoms in total. The van der Waals surface area contributed by atoms with Gasteiger partial charge in [-0.05, 0) is 37.9 Å². The van der Waals surface area contributed by atoms with E-state index in [0.717, 1.165) is 19.6 Å². The number of ether oxygens (including phenoxy) is 2. The Morgan fingerprint density at radius 1 is 1.11 bits per heavy atom. The van der Waals surface area contributed by atoms with Crippen LogP contribution in [0.4, 0.5) is 0 Å². The van der Waals surface area contributed by atoms with Gasteiger partial charge in [0, 0.05) is 6.61 Å². The van der Waals surface area contributed by atoms with Crippen molar-refractivity contribution in [3.8, 4) is 0 Å². The van der Waals surface area contributed by atoms with E-state index < -0.39 is 0 Å². The molecule has 0 amide bonds. The summed E-state index contributed by atoms with van der Waals surface area (Å²) in [6.45, 7) is 10.1. The molecule has 0 aliphatic rings. The predicted octanol–water partition coefficient (Wildman–Crippen LogP) is 3.09. The Kier molecular flexibility index (Phi) is 8.47. The van der Waals surface area contributed by atoms with Crippen molar-refractivity contribution in [2.75, 3.05) is 33.0 Å². The van der Waals surface area contributed by atoms with Gasteiger partial charge >= 0.3 is 0 Å². The van der Waals surface area contributed by atoms with Gasteiger partial charge in [-0.3, -0.25) is 0 Å². The lowest BCUT2D eigenvalue weighted by Crippen LogP contribution is -2.27. The number of hydrogen-bond acceptors (Lipinski definition) is 3. The second kappa shape index (κ2) is 9.96. The quantitative estimate of drug-likeness (QED) is 0.659. The van der Waals surface area contributed by atoms with Gasteiger partial charge in [0.2, 0.25) is 0 Å². The summed E-state index contributed by atoms with van der Waals surface area (Å²) in [6, 6.07) is 8.75. The van der Waals surface area contributed by atoms with E-state index in [9.17, 15) is 0 Å². The Morgan fingerprint density at radius 2 is 1.84 bits per heavy atom. The Hall–Kier alpha value is -0.900. The summed E-state index contributed by atoms with van der Waals surface area (Å²) >= 11 is 0. The Balaban J connectivity index is 2.49. The summed E-state index contributed by atoms with van der Waals surface area (Å²) in [7, 11) is 0. The molecule has 0 spiro atoms. The van der Waals surface area contributed by atoms with Gasteiger partial charge in [-0.1, -0.05) is 31.2 Å². The smallest absolute Gasteiger partial charge is 0.0701 e. The molecule has 19 heavy (non-hydrogen) atoms. The van der Waals surface area contributed by atoms with Crippen molar-refractivity contribution in [1.82, 2.24) is 5.32 Å². The third kappa shape index (κ3) is 6.19. The molecular formula is C16H27NO2. The fourth-order valence-electron chi connectivity index (χ4n) is 2.02. The average molecular weight is 265 g/mol. The molecule has 1 aromatic rings. The molecule has 1 atom stereocenters. The van der Waals surface area contributed by atoms with E-state index in [0.29, 0.717) is 19.8 Å². The normalized spacial score (nSPS) is 12.6. The SMILES string of the molecule is CCCNC(COCCOCC)c1ccccc1C. The Bertz CT molecular complexity index is 341. The van der Waals surface area contributed by atoms with E-state index in [1.807, 2.05) is 6.92 Å². The molecule has 0 bridgehead atoms. The van der Waals surface area contributed by atoms with Gasteiger partial charge in [-0.25, -0.2) is 0 Å². The fraction of sp³-hybridized carbons (Fsp3) is 0.625. The zero-order valence-corrected chi connectivity index (χ0v) is 12.4. The van der Waals surface area contributed by atoms with Crippen LogP contribution in [0.5, 0.6) is 0 Å². The first-order chi connectivity index (χ1) is 9.29. The standard InChI is InChI=1S/C16H27NO2/c1-4-10-17-16(13-19-12-11-18-5-2)15-9-7-6-8-14(15)3/h6-9,16-17H,4-5,10-13H2,1-3H3. The molecular weight excluding hydrogens is 238 g/mol. The van der Waals surface area contributed by atoms with E-state index in [-0.39, 0.29) is 6.04 Å². The lowest BCUT2D eigenvalue weighted by molar-refractivity contribution is 0.0433. The number of nitrogens with one attached hydrogen (secondary N) is 1. The molecule has 1 N–H and O–H groups in total. The van der Waals surface area contributed by atoms with E-state index in [2.05, 4.69) is 43.4 Å². The summed E-state index contributed by atoms with van der Waals surface area (Å²) in [5.74, 6) is 0. The highest BCUT2D eigenvalue weighted by Gasteiger charge is 2.12. The third-order valence-electron chi connectivity index (χ3n) is 3.07. The third-order valence-corrected chi connectivity index (χ3v) is 3.07. The summed E-state index contributed by atoms with van der Waals surface area (Å²) in [5, 5.41) is 3.55. The Morgan fingerprint density at radius 3 is 2.53 bits per heavy atom. The number of rotatable bonds is 10. The largest absolute Gasteiger partial charge is 0.379 e. The zero-order valence-electron chi connectivity index (χ0n) is 12.4. The van der Waals surface area contributed by atoms with Gasteiger partial charge in [0.15, 0.2) is 0 Å². The van der Waals surface area contributed by atoms with Crippen molar-refractivity contribution in [2.45, 2.75) is 33.2 Å². The summed E-state index contributed by atoms with van der Waals surface area (Å²) < 4.78 is 11.0. The summed E-state index contributed by atoms with van der Waals surface area (Å²) in [6.07, 6.45) is 1.13. The minimum Gasteiger partial charge on any atom is -0.379 e. The molecule has 108 valence electrons. The highest BCUT2D eigenvalue weighted by Crippen LogP contribution is 2.17. The molecule has 1 rings (SSSR count). The number of benzene rings is 1. The van der Waals surface area contributed by atoms with Crippen LogP contribution in [0.2, 0.25) is 0 Å². The first-order valence-electron chi connectivity index (χ1n) is 7.24. The van der Waals surface area contributed by atoms with Gasteiger partial charge < -0.3 is 14.8 Å². The van der Waals surface area contributed by atoms with Crippen molar-refractivity contribution < 1.29 is 9.47 Å². The van der Waals surface area contributed by atoms with Crippen LogP contribution in [-0.4, -0.2) is 33.0 Å². The molecule has 0 heterocycles. The van der Waals surface area contributed by atoms with Gasteiger partial charge in [-0.15, -0.1) is 0 Å². The van der Waals surface area contributed by atoms with Crippen molar-refractivity contribution in [2.24, 2.45) is 0 Å². The van der Waals surface area contributed by atoms with Crippen LogP contribution in [0, 0.1) is 6.92 Å². The van der Waals surface area contributed by atoms with Crippen LogP contribution in [0.3, 0.4) is 0 Å². The zero-order chi connectivity index (χ0) is 13.9. The minimum atomic E-state index is 0.266. The van der Waals surface area contributed by atoms with Crippen LogP contribution in [0.15, 0.2) is 24.3 Å². The van der Waals surface area contributed by atoms with Crippen LogP contribution < -0.4 is 5.32 Å². The fourth-order valence-corrected chi connectivity index (χ4v) is 2.02. The van der Waals surface area contributed by atoms with Gasteiger partial charge in [-0.2, -0.15) is 0 Å². The van der Waals surface area contributed by atoms with Crippen LogP contribution in [-0.2, 0) is 9.47 Å². The maximum atomic E-state index is 5.72. The lowest BCUT2D eigenvalue weighted by atomic mass is 10.0. The topological polar surface area (TPSA) is 30.5 Å². The van der Waals surface area contributed by atoms with Gasteiger partial charge in [0.1, 0.15) is 0 Å². The van der Waals surface area contributed by atoms with E-state index in [4.69, 9.17) is 9.47 Å². The number of hydrogen-bond donors (Lipinski definition) is 1. The second-order valence-corrected chi connectivity index (χ2v) is 4.64. The molecule has 0 radical (unpaired) electrons. The predicted molar refractivity (Wildman–Crippen MR) is 79.5 cm³/mol. The molecule has 0 aliphatic heterocycles. The van der Waals surface area contributed by atoms with E-state index in [1.54, 1.807) is 0 Å². The average Bonchev–Trinajstić information content (AvgIpc) is 2.43. The van der Waals surface area contributed by atoms with Gasteiger partial charge in [0.25, 0.3) is 0 Å². The maximum Gasteiger partial charge on any atom is 0.0701 e. The molecule has 3 heteroatoms. The summed E-state index contributed by atoms with van der Waals surface area (Å²) in [4.78, 5) is 0. The molecule has 0 aromatic heterocycles. The van der Waals surface area contributed by atoms with Crippen LogP contribution in [0.1, 0.15) is 37.4 Å². The molecule has 0 saturated carbocycles. The highest BCUT2D eigenvalue weighted by atomic mass is 16.5. The monoisotopic (exact) mass is 265 g/mol. The molecule has 1 aromatic carbocycles. The Labute approximate surface area is 117 Å².